The molecule has 0 aromatic carbocycles. The zero-order valence-corrected chi connectivity index (χ0v) is 9.78. The summed E-state index contributed by atoms with van der Waals surface area (Å²) in [6.07, 6.45) is 4.61. The van der Waals surface area contributed by atoms with Gasteiger partial charge in [0.2, 0.25) is 0 Å². The average molecular weight is 227 g/mol. The van der Waals surface area contributed by atoms with E-state index in [0.29, 0.717) is 5.25 Å². The summed E-state index contributed by atoms with van der Waals surface area (Å²) in [6, 6.07) is 0.166. The zero-order chi connectivity index (χ0) is 10.7. The molecule has 1 aromatic rings. The minimum Gasteiger partial charge on any atom is -0.326 e. The average Bonchev–Trinajstić information content (AvgIpc) is 2.65. The van der Waals surface area contributed by atoms with E-state index >= 15 is 0 Å². The maximum atomic E-state index is 6.15. The highest BCUT2D eigenvalue weighted by Gasteiger charge is 2.22. The molecule has 84 valence electrons. The van der Waals surface area contributed by atoms with E-state index in [0.717, 1.165) is 12.2 Å². The molecule has 5 nitrogen and oxygen atoms in total. The van der Waals surface area contributed by atoms with Crippen molar-refractivity contribution in [2.75, 3.05) is 5.75 Å². The van der Waals surface area contributed by atoms with Crippen LogP contribution in [0.25, 0.3) is 0 Å². The van der Waals surface area contributed by atoms with Crippen molar-refractivity contribution in [3.63, 3.8) is 0 Å². The van der Waals surface area contributed by atoms with Gasteiger partial charge in [-0.3, -0.25) is 0 Å². The van der Waals surface area contributed by atoms with E-state index in [2.05, 4.69) is 15.4 Å². The standard InChI is InChI=1S/C9H17N5S/c1-14-12-9(11-13-14)6-7(10)8-4-2-3-5-15-8/h7-8H,2-6,10H2,1H3. The zero-order valence-electron chi connectivity index (χ0n) is 8.96. The van der Waals surface area contributed by atoms with Gasteiger partial charge in [-0.15, -0.1) is 10.2 Å². The van der Waals surface area contributed by atoms with Crippen LogP contribution in [0.3, 0.4) is 0 Å². The number of rotatable bonds is 3. The molecular formula is C9H17N5S. The second kappa shape index (κ2) is 4.94. The Kier molecular flexibility index (Phi) is 3.58. The fraction of sp³-hybridized carbons (Fsp3) is 0.889. The van der Waals surface area contributed by atoms with E-state index < -0.39 is 0 Å². The first-order chi connectivity index (χ1) is 7.25. The maximum absolute atomic E-state index is 6.15. The van der Waals surface area contributed by atoms with Crippen LogP contribution >= 0.6 is 11.8 Å². The summed E-state index contributed by atoms with van der Waals surface area (Å²) in [5, 5.41) is 12.5. The number of aryl methyl sites for hydroxylation is 1. The smallest absolute Gasteiger partial charge is 0.176 e. The molecule has 0 aliphatic carbocycles. The van der Waals surface area contributed by atoms with Gasteiger partial charge >= 0.3 is 0 Å². The molecule has 1 aromatic heterocycles. The molecule has 1 aliphatic heterocycles. The number of nitrogens with zero attached hydrogens (tertiary/aromatic N) is 4. The molecule has 0 radical (unpaired) electrons. The number of nitrogens with two attached hydrogens (primary N) is 1. The van der Waals surface area contributed by atoms with E-state index in [4.69, 9.17) is 5.73 Å². The number of aromatic nitrogens is 4. The van der Waals surface area contributed by atoms with Gasteiger partial charge in [0.1, 0.15) is 0 Å². The van der Waals surface area contributed by atoms with Gasteiger partial charge in [0.05, 0.1) is 7.05 Å². The Morgan fingerprint density at radius 1 is 1.60 bits per heavy atom. The highest BCUT2D eigenvalue weighted by molar-refractivity contribution is 8.00. The number of tetrazole rings is 1. The Morgan fingerprint density at radius 3 is 3.07 bits per heavy atom. The highest BCUT2D eigenvalue weighted by atomic mass is 32.2. The van der Waals surface area contributed by atoms with Gasteiger partial charge in [0, 0.05) is 17.7 Å². The van der Waals surface area contributed by atoms with Crippen molar-refractivity contribution in [1.29, 1.82) is 0 Å². The van der Waals surface area contributed by atoms with Crippen molar-refractivity contribution in [3.05, 3.63) is 5.82 Å². The van der Waals surface area contributed by atoms with Crippen molar-refractivity contribution < 1.29 is 0 Å². The molecule has 0 saturated carbocycles. The monoisotopic (exact) mass is 227 g/mol. The lowest BCUT2D eigenvalue weighted by atomic mass is 10.1. The molecule has 0 amide bonds. The minimum atomic E-state index is 0.166. The second-order valence-electron chi connectivity index (χ2n) is 3.97. The molecule has 2 unspecified atom stereocenters. The molecule has 2 N–H and O–H groups in total. The molecular weight excluding hydrogens is 210 g/mol. The fourth-order valence-corrected chi connectivity index (χ4v) is 3.20. The number of hydrogen-bond donors (Lipinski definition) is 1. The third-order valence-electron chi connectivity index (χ3n) is 2.66. The Hall–Kier alpha value is -0.620. The topological polar surface area (TPSA) is 69.6 Å². The van der Waals surface area contributed by atoms with Crippen molar-refractivity contribution in [1.82, 2.24) is 20.2 Å². The highest BCUT2D eigenvalue weighted by Crippen LogP contribution is 2.27. The van der Waals surface area contributed by atoms with Crippen LogP contribution < -0.4 is 5.73 Å². The van der Waals surface area contributed by atoms with Crippen LogP contribution in [0.2, 0.25) is 0 Å². The van der Waals surface area contributed by atoms with Crippen molar-refractivity contribution >= 4 is 11.8 Å². The summed E-state index contributed by atoms with van der Waals surface area (Å²) >= 11 is 1.99. The number of thioether (sulfide) groups is 1. The molecule has 1 aliphatic rings. The lowest BCUT2D eigenvalue weighted by Gasteiger charge is -2.26. The first-order valence-corrected chi connectivity index (χ1v) is 6.40. The Labute approximate surface area is 93.8 Å². The van der Waals surface area contributed by atoms with E-state index in [1.54, 1.807) is 7.05 Å². The van der Waals surface area contributed by atoms with Gasteiger partial charge < -0.3 is 5.73 Å². The predicted octanol–water partition coefficient (Wildman–Crippen LogP) is 0.366. The minimum absolute atomic E-state index is 0.166. The summed E-state index contributed by atoms with van der Waals surface area (Å²) in [5.41, 5.74) is 6.15. The third-order valence-corrected chi connectivity index (χ3v) is 4.20. The van der Waals surface area contributed by atoms with Gasteiger partial charge in [0.15, 0.2) is 5.82 Å². The van der Waals surface area contributed by atoms with Crippen LogP contribution in [0.4, 0.5) is 0 Å². The first kappa shape index (κ1) is 10.9. The maximum Gasteiger partial charge on any atom is 0.176 e. The van der Waals surface area contributed by atoms with Crippen LogP contribution in [0, 0.1) is 0 Å². The predicted molar refractivity (Wildman–Crippen MR) is 60.6 cm³/mol. The molecule has 1 fully saturated rings. The summed E-state index contributed by atoms with van der Waals surface area (Å²) in [6.45, 7) is 0. The van der Waals surface area contributed by atoms with E-state index in [1.807, 2.05) is 11.8 Å². The third kappa shape index (κ3) is 2.92. The van der Waals surface area contributed by atoms with Crippen LogP contribution in [-0.2, 0) is 13.5 Å². The SMILES string of the molecule is Cn1nnc(CC(N)C2CCCCS2)n1. The molecule has 2 heterocycles. The molecule has 15 heavy (non-hydrogen) atoms. The molecule has 2 rings (SSSR count). The first-order valence-electron chi connectivity index (χ1n) is 5.36. The van der Waals surface area contributed by atoms with Crippen LogP contribution in [0.15, 0.2) is 0 Å². The largest absolute Gasteiger partial charge is 0.326 e. The van der Waals surface area contributed by atoms with Crippen molar-refractivity contribution in [3.8, 4) is 0 Å². The quantitative estimate of drug-likeness (QED) is 0.807. The fourth-order valence-electron chi connectivity index (χ4n) is 1.85. The van der Waals surface area contributed by atoms with Crippen molar-refractivity contribution in [2.24, 2.45) is 12.8 Å². The van der Waals surface area contributed by atoms with Crippen molar-refractivity contribution in [2.45, 2.75) is 37.0 Å². The van der Waals surface area contributed by atoms with Crippen LogP contribution in [-0.4, -0.2) is 37.3 Å². The molecule has 2 atom stereocenters. The Balaban J connectivity index is 1.88. The van der Waals surface area contributed by atoms with E-state index in [-0.39, 0.29) is 6.04 Å². The lowest BCUT2D eigenvalue weighted by molar-refractivity contribution is 0.547. The molecule has 6 heteroatoms. The Bertz CT molecular complexity index is 307. The normalized spacial score (nSPS) is 24.0. The van der Waals surface area contributed by atoms with E-state index in [1.165, 1.54) is 29.8 Å². The van der Waals surface area contributed by atoms with E-state index in [9.17, 15) is 0 Å². The van der Waals surface area contributed by atoms with Crippen LogP contribution in [0.1, 0.15) is 25.1 Å². The summed E-state index contributed by atoms with van der Waals surface area (Å²) in [7, 11) is 1.78. The Morgan fingerprint density at radius 2 is 2.47 bits per heavy atom. The van der Waals surface area contributed by atoms with Crippen LogP contribution in [0.5, 0.6) is 0 Å². The summed E-state index contributed by atoms with van der Waals surface area (Å²) in [5.74, 6) is 2.00. The summed E-state index contributed by atoms with van der Waals surface area (Å²) in [4.78, 5) is 1.48. The summed E-state index contributed by atoms with van der Waals surface area (Å²) < 4.78 is 0. The molecule has 0 bridgehead atoms. The van der Waals surface area contributed by atoms with Gasteiger partial charge in [-0.1, -0.05) is 6.42 Å². The lowest BCUT2D eigenvalue weighted by Crippen LogP contribution is -2.36. The molecule has 0 spiro atoms. The van der Waals surface area contributed by atoms with Gasteiger partial charge in [-0.25, -0.2) is 0 Å². The van der Waals surface area contributed by atoms with Gasteiger partial charge in [-0.2, -0.15) is 16.6 Å². The van der Waals surface area contributed by atoms with Gasteiger partial charge in [0.25, 0.3) is 0 Å². The van der Waals surface area contributed by atoms with Gasteiger partial charge in [-0.05, 0) is 23.8 Å². The second-order valence-corrected chi connectivity index (χ2v) is 5.32. The molecule has 1 saturated heterocycles. The number of hydrogen-bond acceptors (Lipinski definition) is 5.